The summed E-state index contributed by atoms with van der Waals surface area (Å²) < 4.78 is 12.0. The fourth-order valence-electron chi connectivity index (χ4n) is 1.82. The molecular weight excluding hydrogens is 245 g/mol. The number of nitrogen functional groups attached to an aromatic ring is 1. The summed E-state index contributed by atoms with van der Waals surface area (Å²) in [5, 5.41) is 9.11. The number of aromatic nitrogens is 2. The lowest BCUT2D eigenvalue weighted by Crippen LogP contribution is -2.28. The van der Waals surface area contributed by atoms with E-state index in [0.29, 0.717) is 6.42 Å². The lowest BCUT2D eigenvalue weighted by atomic mass is 10.2. The first-order valence-corrected chi connectivity index (χ1v) is 5.59. The highest BCUT2D eigenvalue weighted by Gasteiger charge is 2.36. The van der Waals surface area contributed by atoms with Crippen LogP contribution in [0.1, 0.15) is 12.6 Å². The van der Waals surface area contributed by atoms with Crippen molar-refractivity contribution < 1.29 is 14.4 Å². The second-order valence-corrected chi connectivity index (χ2v) is 4.04. The molecule has 0 radical (unpaired) electrons. The van der Waals surface area contributed by atoms with Crippen LogP contribution in [0.2, 0.25) is 0 Å². The summed E-state index contributed by atoms with van der Waals surface area (Å²) in [4.78, 5) is 15.2. The van der Waals surface area contributed by atoms with Crippen molar-refractivity contribution in [2.75, 3.05) is 12.3 Å². The number of nitrogens with two attached hydrogens (primary N) is 1. The van der Waals surface area contributed by atoms with Gasteiger partial charge in [0, 0.05) is 22.1 Å². The molecule has 0 saturated carbocycles. The molecule has 0 amide bonds. The van der Waals surface area contributed by atoms with Gasteiger partial charge in [-0.05, 0) is 6.07 Å². The summed E-state index contributed by atoms with van der Waals surface area (Å²) in [5.41, 5.74) is 4.92. The number of aliphatic hydroxyl groups is 1. The Labute approximate surface area is 99.8 Å². The molecule has 1 saturated heterocycles. The standard InChI is InChI=1S/C9H14N3O4P/c10-7-1-2-12(9(14)11-7)8-3-5(16-17)6(4-13)15-8/h1-2,5-6,8,13H,3-4,17H2,(H2,10,11,14). The first-order valence-electron chi connectivity index (χ1n) is 5.12. The molecule has 0 aliphatic carbocycles. The number of rotatable bonds is 3. The van der Waals surface area contributed by atoms with Crippen molar-refractivity contribution in [3.8, 4) is 0 Å². The quantitative estimate of drug-likeness (QED) is 0.695. The van der Waals surface area contributed by atoms with Gasteiger partial charge in [-0.3, -0.25) is 4.57 Å². The van der Waals surface area contributed by atoms with E-state index >= 15 is 0 Å². The van der Waals surface area contributed by atoms with Gasteiger partial charge in [-0.15, -0.1) is 0 Å². The smallest absolute Gasteiger partial charge is 0.351 e. The highest BCUT2D eigenvalue weighted by molar-refractivity contribution is 7.09. The number of anilines is 1. The molecule has 0 spiro atoms. The predicted octanol–water partition coefficient (Wildman–Crippen LogP) is -0.719. The maximum atomic E-state index is 11.6. The molecule has 94 valence electrons. The van der Waals surface area contributed by atoms with Crippen LogP contribution in [0.3, 0.4) is 0 Å². The van der Waals surface area contributed by atoms with Crippen LogP contribution in [0.5, 0.6) is 0 Å². The Morgan fingerprint density at radius 3 is 3.06 bits per heavy atom. The molecule has 4 unspecified atom stereocenters. The lowest BCUT2D eigenvalue weighted by molar-refractivity contribution is -0.0401. The third-order valence-electron chi connectivity index (χ3n) is 2.70. The Hall–Kier alpha value is -1.01. The van der Waals surface area contributed by atoms with Gasteiger partial charge < -0.3 is 20.1 Å². The van der Waals surface area contributed by atoms with Gasteiger partial charge in [0.05, 0.1) is 12.7 Å². The van der Waals surface area contributed by atoms with E-state index in [1.165, 1.54) is 16.8 Å². The fourth-order valence-corrected chi connectivity index (χ4v) is 2.11. The third kappa shape index (κ3) is 2.47. The molecule has 1 aliphatic heterocycles. The molecule has 2 rings (SSSR count). The minimum absolute atomic E-state index is 0.160. The van der Waals surface area contributed by atoms with E-state index in [1.807, 2.05) is 0 Å². The normalized spacial score (nSPS) is 28.5. The number of aliphatic hydroxyl groups excluding tert-OH is 1. The fraction of sp³-hybridized carbons (Fsp3) is 0.556. The van der Waals surface area contributed by atoms with Crippen molar-refractivity contribution in [3.05, 3.63) is 22.7 Å². The molecule has 3 N–H and O–H groups in total. The first kappa shape index (κ1) is 12.4. The van der Waals surface area contributed by atoms with E-state index in [4.69, 9.17) is 20.1 Å². The monoisotopic (exact) mass is 259 g/mol. The number of ether oxygens (including phenoxy) is 1. The molecule has 2 heterocycles. The second kappa shape index (κ2) is 5.10. The summed E-state index contributed by atoms with van der Waals surface area (Å²) in [6.45, 7) is -0.160. The Kier molecular flexibility index (Phi) is 3.73. The molecule has 1 aliphatic rings. The minimum atomic E-state index is -0.488. The number of nitrogens with zero attached hydrogens (tertiary/aromatic N) is 2. The highest BCUT2D eigenvalue weighted by atomic mass is 31.0. The van der Waals surface area contributed by atoms with E-state index in [-0.39, 0.29) is 18.5 Å². The summed E-state index contributed by atoms with van der Waals surface area (Å²) in [5.74, 6) is 0.168. The Balaban J connectivity index is 2.22. The molecule has 1 aromatic heterocycles. The number of hydrogen-bond donors (Lipinski definition) is 2. The summed E-state index contributed by atoms with van der Waals surface area (Å²) in [6.07, 6.45) is 0.801. The molecule has 7 nitrogen and oxygen atoms in total. The van der Waals surface area contributed by atoms with Crippen LogP contribution >= 0.6 is 9.47 Å². The van der Waals surface area contributed by atoms with Crippen LogP contribution in [0.25, 0.3) is 0 Å². The average molecular weight is 259 g/mol. The van der Waals surface area contributed by atoms with Gasteiger partial charge in [-0.1, -0.05) is 0 Å². The van der Waals surface area contributed by atoms with E-state index in [2.05, 4.69) is 14.5 Å². The van der Waals surface area contributed by atoms with Crippen molar-refractivity contribution >= 4 is 15.3 Å². The topological polar surface area (TPSA) is 99.6 Å². The van der Waals surface area contributed by atoms with Crippen molar-refractivity contribution in [1.29, 1.82) is 0 Å². The van der Waals surface area contributed by atoms with Gasteiger partial charge in [-0.25, -0.2) is 4.79 Å². The van der Waals surface area contributed by atoms with Crippen LogP contribution < -0.4 is 11.4 Å². The van der Waals surface area contributed by atoms with Gasteiger partial charge >= 0.3 is 5.69 Å². The minimum Gasteiger partial charge on any atom is -0.394 e. The van der Waals surface area contributed by atoms with Gasteiger partial charge in [0.2, 0.25) is 0 Å². The van der Waals surface area contributed by atoms with Gasteiger partial charge in [-0.2, -0.15) is 4.98 Å². The molecule has 4 atom stereocenters. The van der Waals surface area contributed by atoms with E-state index in [0.717, 1.165) is 0 Å². The molecule has 0 aromatic carbocycles. The van der Waals surface area contributed by atoms with E-state index in [1.54, 1.807) is 0 Å². The van der Waals surface area contributed by atoms with Gasteiger partial charge in [0.25, 0.3) is 0 Å². The van der Waals surface area contributed by atoms with Crippen molar-refractivity contribution in [2.45, 2.75) is 24.9 Å². The molecular formula is C9H14N3O4P. The van der Waals surface area contributed by atoms with Crippen LogP contribution in [-0.4, -0.2) is 33.5 Å². The van der Waals surface area contributed by atoms with Gasteiger partial charge in [0.15, 0.2) is 0 Å². The predicted molar refractivity (Wildman–Crippen MR) is 63.1 cm³/mol. The van der Waals surface area contributed by atoms with Crippen molar-refractivity contribution in [3.63, 3.8) is 0 Å². The molecule has 0 bridgehead atoms. The maximum absolute atomic E-state index is 11.6. The van der Waals surface area contributed by atoms with Crippen LogP contribution in [0.4, 0.5) is 5.82 Å². The Morgan fingerprint density at radius 1 is 1.76 bits per heavy atom. The van der Waals surface area contributed by atoms with Gasteiger partial charge in [0.1, 0.15) is 18.1 Å². The highest BCUT2D eigenvalue weighted by Crippen LogP contribution is 2.30. The molecule has 17 heavy (non-hydrogen) atoms. The zero-order valence-electron chi connectivity index (χ0n) is 9.02. The largest absolute Gasteiger partial charge is 0.394 e. The average Bonchev–Trinajstić information content (AvgIpc) is 2.72. The third-order valence-corrected chi connectivity index (χ3v) is 3.05. The van der Waals surface area contributed by atoms with E-state index in [9.17, 15) is 4.79 Å². The van der Waals surface area contributed by atoms with Crippen LogP contribution in [0, 0.1) is 0 Å². The SMILES string of the molecule is Nc1ccn(C2CC(OP)C(CO)O2)c(=O)n1. The summed E-state index contributed by atoms with van der Waals surface area (Å²) in [6, 6.07) is 1.52. The second-order valence-electron chi connectivity index (χ2n) is 3.76. The van der Waals surface area contributed by atoms with Crippen molar-refractivity contribution in [1.82, 2.24) is 9.55 Å². The Morgan fingerprint density at radius 2 is 2.53 bits per heavy atom. The zero-order valence-corrected chi connectivity index (χ0v) is 10.2. The number of hydrogen-bond acceptors (Lipinski definition) is 6. The Bertz CT molecular complexity index is 440. The van der Waals surface area contributed by atoms with Crippen molar-refractivity contribution in [2.24, 2.45) is 0 Å². The molecule has 1 aromatic rings. The first-order chi connectivity index (χ1) is 8.15. The van der Waals surface area contributed by atoms with E-state index < -0.39 is 18.0 Å². The zero-order chi connectivity index (χ0) is 12.4. The van der Waals surface area contributed by atoms with Crippen LogP contribution in [0.15, 0.2) is 17.1 Å². The molecule has 8 heteroatoms. The summed E-state index contributed by atoms with van der Waals surface area (Å²) in [7, 11) is 2.14. The maximum Gasteiger partial charge on any atom is 0.351 e. The van der Waals surface area contributed by atoms with Crippen LogP contribution in [-0.2, 0) is 9.26 Å². The molecule has 1 fully saturated rings. The lowest BCUT2D eigenvalue weighted by Gasteiger charge is -2.14. The summed E-state index contributed by atoms with van der Waals surface area (Å²) >= 11 is 0.